The topological polar surface area (TPSA) is 42.0 Å². The third-order valence-electron chi connectivity index (χ3n) is 3.76. The second-order valence-corrected chi connectivity index (χ2v) is 6.64. The van der Waals surface area contributed by atoms with Gasteiger partial charge in [-0.15, -0.1) is 11.3 Å². The van der Waals surface area contributed by atoms with E-state index in [9.17, 15) is 9.18 Å². The van der Waals surface area contributed by atoms with E-state index >= 15 is 0 Å². The predicted octanol–water partition coefficient (Wildman–Crippen LogP) is 5.07. The molecule has 3 nitrogen and oxygen atoms in total. The third kappa shape index (κ3) is 3.51. The van der Waals surface area contributed by atoms with Crippen molar-refractivity contribution in [2.75, 3.05) is 5.32 Å². The van der Waals surface area contributed by atoms with Crippen LogP contribution in [0.3, 0.4) is 0 Å². The molecule has 0 radical (unpaired) electrons. The van der Waals surface area contributed by atoms with Crippen molar-refractivity contribution in [3.8, 4) is 11.3 Å². The lowest BCUT2D eigenvalue weighted by Gasteiger charge is -2.03. The molecule has 0 spiro atoms. The number of rotatable bonds is 4. The Bertz CT molecular complexity index is 854. The van der Waals surface area contributed by atoms with Gasteiger partial charge in [-0.05, 0) is 55.3 Å². The molecule has 122 valence electrons. The molecule has 1 amide bonds. The zero-order chi connectivity index (χ0) is 17.1. The number of hydrogen-bond donors (Lipinski definition) is 1. The van der Waals surface area contributed by atoms with Gasteiger partial charge in [0.15, 0.2) is 5.13 Å². The van der Waals surface area contributed by atoms with Gasteiger partial charge in [0, 0.05) is 16.0 Å². The first-order valence-corrected chi connectivity index (χ1v) is 8.52. The Hall–Kier alpha value is -2.53. The normalized spacial score (nSPS) is 10.6. The van der Waals surface area contributed by atoms with Gasteiger partial charge in [-0.1, -0.05) is 19.1 Å². The van der Waals surface area contributed by atoms with Gasteiger partial charge < -0.3 is 0 Å². The van der Waals surface area contributed by atoms with Gasteiger partial charge in [-0.2, -0.15) is 0 Å². The summed E-state index contributed by atoms with van der Waals surface area (Å²) >= 11 is 1.41. The average Bonchev–Trinajstić information content (AvgIpc) is 2.96. The SMILES string of the molecule is CCc1ccc(C(=O)Nc2nc(-c3ccc(F)cc3)c(C)s2)cc1. The van der Waals surface area contributed by atoms with Crippen LogP contribution in [0.25, 0.3) is 11.3 Å². The number of carbonyl (C=O) groups excluding carboxylic acids is 1. The number of amides is 1. The van der Waals surface area contributed by atoms with Crippen LogP contribution in [0.4, 0.5) is 9.52 Å². The number of hydrogen-bond acceptors (Lipinski definition) is 3. The molecule has 1 N–H and O–H groups in total. The Labute approximate surface area is 144 Å². The van der Waals surface area contributed by atoms with Gasteiger partial charge in [0.25, 0.3) is 5.91 Å². The number of nitrogens with zero attached hydrogens (tertiary/aromatic N) is 1. The monoisotopic (exact) mass is 340 g/mol. The summed E-state index contributed by atoms with van der Waals surface area (Å²) in [5, 5.41) is 3.37. The maximum atomic E-state index is 13.0. The van der Waals surface area contributed by atoms with E-state index in [4.69, 9.17) is 0 Å². The first-order valence-electron chi connectivity index (χ1n) is 7.70. The zero-order valence-corrected chi connectivity index (χ0v) is 14.3. The highest BCUT2D eigenvalue weighted by molar-refractivity contribution is 7.16. The molecule has 1 heterocycles. The lowest BCUT2D eigenvalue weighted by Crippen LogP contribution is -2.11. The molecular formula is C19H17FN2OS. The zero-order valence-electron chi connectivity index (χ0n) is 13.5. The van der Waals surface area contributed by atoms with E-state index in [1.165, 1.54) is 29.0 Å². The molecule has 0 unspecified atom stereocenters. The summed E-state index contributed by atoms with van der Waals surface area (Å²) in [4.78, 5) is 17.8. The first kappa shape index (κ1) is 16.3. The van der Waals surface area contributed by atoms with E-state index in [1.807, 2.05) is 31.2 Å². The quantitative estimate of drug-likeness (QED) is 0.720. The van der Waals surface area contributed by atoms with Gasteiger partial charge >= 0.3 is 0 Å². The molecule has 5 heteroatoms. The Kier molecular flexibility index (Phi) is 4.71. The lowest BCUT2D eigenvalue weighted by atomic mass is 10.1. The van der Waals surface area contributed by atoms with E-state index in [1.54, 1.807) is 12.1 Å². The van der Waals surface area contributed by atoms with E-state index in [2.05, 4.69) is 17.2 Å². The molecule has 3 rings (SSSR count). The number of thiazole rings is 1. The first-order chi connectivity index (χ1) is 11.6. The largest absolute Gasteiger partial charge is 0.298 e. The highest BCUT2D eigenvalue weighted by Crippen LogP contribution is 2.30. The van der Waals surface area contributed by atoms with Crippen molar-refractivity contribution >= 4 is 22.4 Å². The Balaban J connectivity index is 1.79. The number of anilines is 1. The molecule has 0 atom stereocenters. The minimum absolute atomic E-state index is 0.183. The molecule has 3 aromatic rings. The fraction of sp³-hybridized carbons (Fsp3) is 0.158. The Morgan fingerprint density at radius 1 is 1.12 bits per heavy atom. The van der Waals surface area contributed by atoms with Crippen LogP contribution >= 0.6 is 11.3 Å². The van der Waals surface area contributed by atoms with Crippen molar-refractivity contribution in [2.45, 2.75) is 20.3 Å². The average molecular weight is 340 g/mol. The molecule has 0 aliphatic heterocycles. The molecular weight excluding hydrogens is 323 g/mol. The van der Waals surface area contributed by atoms with Crippen LogP contribution in [0, 0.1) is 12.7 Å². The highest BCUT2D eigenvalue weighted by Gasteiger charge is 2.13. The van der Waals surface area contributed by atoms with Crippen molar-refractivity contribution < 1.29 is 9.18 Å². The summed E-state index contributed by atoms with van der Waals surface area (Å²) in [6.45, 7) is 4.01. The number of aromatic nitrogens is 1. The molecule has 0 saturated heterocycles. The Morgan fingerprint density at radius 2 is 1.79 bits per heavy atom. The van der Waals surface area contributed by atoms with E-state index in [-0.39, 0.29) is 11.7 Å². The molecule has 0 aliphatic rings. The molecule has 24 heavy (non-hydrogen) atoms. The number of nitrogens with one attached hydrogen (secondary N) is 1. The molecule has 2 aromatic carbocycles. The van der Waals surface area contributed by atoms with Crippen molar-refractivity contribution in [1.29, 1.82) is 0 Å². The molecule has 1 aromatic heterocycles. The predicted molar refractivity (Wildman–Crippen MR) is 96.0 cm³/mol. The fourth-order valence-corrected chi connectivity index (χ4v) is 3.22. The third-order valence-corrected chi connectivity index (χ3v) is 4.65. The van der Waals surface area contributed by atoms with Gasteiger partial charge in [-0.3, -0.25) is 10.1 Å². The summed E-state index contributed by atoms with van der Waals surface area (Å²) in [6, 6.07) is 13.7. The van der Waals surface area contributed by atoms with Crippen molar-refractivity contribution in [2.24, 2.45) is 0 Å². The van der Waals surface area contributed by atoms with Gasteiger partial charge in [0.2, 0.25) is 0 Å². The fourth-order valence-electron chi connectivity index (χ4n) is 2.39. The van der Waals surface area contributed by atoms with Crippen molar-refractivity contribution in [1.82, 2.24) is 4.98 Å². The standard InChI is InChI=1S/C19H17FN2OS/c1-3-13-4-6-15(7-5-13)18(23)22-19-21-17(12(2)24-19)14-8-10-16(20)11-9-14/h4-11H,3H2,1-2H3,(H,21,22,23). The van der Waals surface area contributed by atoms with E-state index < -0.39 is 0 Å². The number of aryl methyl sites for hydroxylation is 2. The maximum Gasteiger partial charge on any atom is 0.257 e. The van der Waals surface area contributed by atoms with Crippen LogP contribution in [0.1, 0.15) is 27.7 Å². The minimum Gasteiger partial charge on any atom is -0.298 e. The molecule has 0 bridgehead atoms. The van der Waals surface area contributed by atoms with Gasteiger partial charge in [-0.25, -0.2) is 9.37 Å². The van der Waals surface area contributed by atoms with Crippen molar-refractivity contribution in [3.05, 3.63) is 70.4 Å². The van der Waals surface area contributed by atoms with Crippen LogP contribution in [-0.4, -0.2) is 10.9 Å². The number of halogens is 1. The number of carbonyl (C=O) groups is 1. The second kappa shape index (κ2) is 6.93. The minimum atomic E-state index is -0.282. The lowest BCUT2D eigenvalue weighted by molar-refractivity contribution is 0.102. The van der Waals surface area contributed by atoms with Crippen LogP contribution in [0.5, 0.6) is 0 Å². The molecule has 0 fully saturated rings. The van der Waals surface area contributed by atoms with Crippen LogP contribution in [0.15, 0.2) is 48.5 Å². The van der Waals surface area contributed by atoms with E-state index in [0.29, 0.717) is 10.7 Å². The van der Waals surface area contributed by atoms with Crippen LogP contribution in [0.2, 0.25) is 0 Å². The van der Waals surface area contributed by atoms with Crippen molar-refractivity contribution in [3.63, 3.8) is 0 Å². The van der Waals surface area contributed by atoms with Gasteiger partial charge in [0.05, 0.1) is 5.69 Å². The maximum absolute atomic E-state index is 13.0. The summed E-state index contributed by atoms with van der Waals surface area (Å²) < 4.78 is 13.0. The molecule has 0 saturated carbocycles. The van der Waals surface area contributed by atoms with Gasteiger partial charge in [0.1, 0.15) is 5.82 Å². The van der Waals surface area contributed by atoms with Crippen LogP contribution in [-0.2, 0) is 6.42 Å². The summed E-state index contributed by atoms with van der Waals surface area (Å²) in [5.41, 5.74) is 3.38. The van der Waals surface area contributed by atoms with Crippen LogP contribution < -0.4 is 5.32 Å². The van der Waals surface area contributed by atoms with E-state index in [0.717, 1.165) is 22.6 Å². The number of benzene rings is 2. The Morgan fingerprint density at radius 3 is 2.42 bits per heavy atom. The summed E-state index contributed by atoms with van der Waals surface area (Å²) in [5.74, 6) is -0.465. The highest BCUT2D eigenvalue weighted by atomic mass is 32.1. The second-order valence-electron chi connectivity index (χ2n) is 5.44. The summed E-state index contributed by atoms with van der Waals surface area (Å²) in [6.07, 6.45) is 0.939. The smallest absolute Gasteiger partial charge is 0.257 e. The summed E-state index contributed by atoms with van der Waals surface area (Å²) in [7, 11) is 0. The molecule has 0 aliphatic carbocycles.